The van der Waals surface area contributed by atoms with Crippen molar-refractivity contribution in [2.75, 3.05) is 0 Å². The van der Waals surface area contributed by atoms with Crippen LogP contribution < -0.4 is 10.5 Å². The molecule has 0 spiro atoms. The summed E-state index contributed by atoms with van der Waals surface area (Å²) >= 11 is 4.91. The molecule has 0 saturated heterocycles. The van der Waals surface area contributed by atoms with Gasteiger partial charge in [0.1, 0.15) is 10.7 Å². The van der Waals surface area contributed by atoms with Crippen LogP contribution in [0.25, 0.3) is 0 Å². The number of hydrogen-bond donors (Lipinski definition) is 1. The molecular weight excluding hydrogens is 232 g/mol. The zero-order valence-electron chi connectivity index (χ0n) is 9.38. The summed E-state index contributed by atoms with van der Waals surface area (Å²) in [5, 5.41) is 0. The molecule has 0 saturated carbocycles. The number of thiocarbonyl (C=S) groups is 1. The van der Waals surface area contributed by atoms with Gasteiger partial charge in [0.25, 0.3) is 0 Å². The second-order valence-corrected chi connectivity index (χ2v) is 4.05. The summed E-state index contributed by atoms with van der Waals surface area (Å²) in [6.45, 7) is 1.98. The van der Waals surface area contributed by atoms with Gasteiger partial charge in [0.2, 0.25) is 5.88 Å². The van der Waals surface area contributed by atoms with E-state index >= 15 is 0 Å². The predicted molar refractivity (Wildman–Crippen MR) is 71.4 cm³/mol. The van der Waals surface area contributed by atoms with Gasteiger partial charge in [-0.2, -0.15) is 0 Å². The molecule has 0 aliphatic heterocycles. The number of aryl methyl sites for hydroxylation is 1. The molecule has 3 nitrogen and oxygen atoms in total. The van der Waals surface area contributed by atoms with Gasteiger partial charge in [-0.25, -0.2) is 4.98 Å². The highest BCUT2D eigenvalue weighted by atomic mass is 32.1. The van der Waals surface area contributed by atoms with E-state index in [1.807, 2.05) is 31.2 Å². The summed E-state index contributed by atoms with van der Waals surface area (Å²) in [6.07, 6.45) is 1.63. The monoisotopic (exact) mass is 244 g/mol. The van der Waals surface area contributed by atoms with E-state index in [0.717, 1.165) is 16.9 Å². The number of benzene rings is 1. The molecule has 1 heterocycles. The fourth-order valence-electron chi connectivity index (χ4n) is 1.40. The maximum absolute atomic E-state index is 5.67. The summed E-state index contributed by atoms with van der Waals surface area (Å²) in [7, 11) is 0. The van der Waals surface area contributed by atoms with Gasteiger partial charge in [-0.3, -0.25) is 0 Å². The van der Waals surface area contributed by atoms with Crippen molar-refractivity contribution < 1.29 is 4.74 Å². The van der Waals surface area contributed by atoms with E-state index in [1.165, 1.54) is 0 Å². The summed E-state index contributed by atoms with van der Waals surface area (Å²) in [6, 6.07) is 11.2. The number of aromatic nitrogens is 1. The van der Waals surface area contributed by atoms with Gasteiger partial charge in [0.05, 0.1) is 0 Å². The fourth-order valence-corrected chi connectivity index (χ4v) is 1.53. The number of para-hydroxylation sites is 1. The van der Waals surface area contributed by atoms with Crippen molar-refractivity contribution in [1.82, 2.24) is 4.98 Å². The average molecular weight is 244 g/mol. The van der Waals surface area contributed by atoms with Gasteiger partial charge >= 0.3 is 0 Å². The van der Waals surface area contributed by atoms with Crippen LogP contribution in [0.4, 0.5) is 0 Å². The smallest absolute Gasteiger partial charge is 0.219 e. The van der Waals surface area contributed by atoms with Crippen LogP contribution in [0.2, 0.25) is 0 Å². The van der Waals surface area contributed by atoms with Crippen molar-refractivity contribution in [3.63, 3.8) is 0 Å². The van der Waals surface area contributed by atoms with Crippen LogP contribution in [-0.4, -0.2) is 9.97 Å². The summed E-state index contributed by atoms with van der Waals surface area (Å²) in [5.41, 5.74) is 7.35. The molecule has 17 heavy (non-hydrogen) atoms. The molecule has 1 aromatic heterocycles. The van der Waals surface area contributed by atoms with Crippen LogP contribution >= 0.6 is 12.2 Å². The van der Waals surface area contributed by atoms with Gasteiger partial charge in [0, 0.05) is 17.8 Å². The number of pyridine rings is 1. The Morgan fingerprint density at radius 2 is 2.06 bits per heavy atom. The lowest BCUT2D eigenvalue weighted by atomic mass is 10.2. The molecule has 0 fully saturated rings. The zero-order valence-corrected chi connectivity index (χ0v) is 10.2. The lowest BCUT2D eigenvalue weighted by molar-refractivity contribution is 0.459. The molecule has 2 rings (SSSR count). The molecule has 0 aliphatic carbocycles. The molecular formula is C13H12N2OS. The van der Waals surface area contributed by atoms with Crippen molar-refractivity contribution >= 4 is 17.2 Å². The van der Waals surface area contributed by atoms with Crippen LogP contribution in [0.5, 0.6) is 11.6 Å². The minimum absolute atomic E-state index is 0.335. The Hall–Kier alpha value is -1.94. The molecule has 0 unspecified atom stereocenters. The first kappa shape index (κ1) is 11.5. The first-order valence-corrected chi connectivity index (χ1v) is 5.57. The molecule has 0 bridgehead atoms. The van der Waals surface area contributed by atoms with Gasteiger partial charge in [-0.1, -0.05) is 30.4 Å². The van der Waals surface area contributed by atoms with Crippen LogP contribution in [0.3, 0.4) is 0 Å². The van der Waals surface area contributed by atoms with E-state index in [4.69, 9.17) is 22.7 Å². The fraction of sp³-hybridized carbons (Fsp3) is 0.0769. The van der Waals surface area contributed by atoms with E-state index < -0.39 is 0 Å². The lowest BCUT2D eigenvalue weighted by Gasteiger charge is -2.08. The highest BCUT2D eigenvalue weighted by molar-refractivity contribution is 7.80. The summed E-state index contributed by atoms with van der Waals surface area (Å²) < 4.78 is 5.67. The number of hydrogen-bond acceptors (Lipinski definition) is 3. The standard InChI is InChI=1S/C13H12N2OS/c1-9-4-2-3-5-11(9)16-12-8-10(13(14)17)6-7-15-12/h2-8H,1H3,(H2,14,17). The summed E-state index contributed by atoms with van der Waals surface area (Å²) in [4.78, 5) is 4.46. The molecule has 4 heteroatoms. The number of rotatable bonds is 3. The van der Waals surface area contributed by atoms with Gasteiger partial charge in [-0.05, 0) is 24.6 Å². The van der Waals surface area contributed by atoms with Crippen molar-refractivity contribution in [2.45, 2.75) is 6.92 Å². The Morgan fingerprint density at radius 1 is 1.29 bits per heavy atom. The average Bonchev–Trinajstić information content (AvgIpc) is 2.32. The Kier molecular flexibility index (Phi) is 3.35. The van der Waals surface area contributed by atoms with E-state index in [-0.39, 0.29) is 0 Å². The maximum Gasteiger partial charge on any atom is 0.219 e. The minimum atomic E-state index is 0.335. The van der Waals surface area contributed by atoms with Crippen LogP contribution in [-0.2, 0) is 0 Å². The lowest BCUT2D eigenvalue weighted by Crippen LogP contribution is -2.09. The van der Waals surface area contributed by atoms with Gasteiger partial charge < -0.3 is 10.5 Å². The highest BCUT2D eigenvalue weighted by Gasteiger charge is 2.03. The predicted octanol–water partition coefficient (Wildman–Crippen LogP) is 2.82. The first-order valence-electron chi connectivity index (χ1n) is 5.16. The Morgan fingerprint density at radius 3 is 2.76 bits per heavy atom. The van der Waals surface area contributed by atoms with Crippen molar-refractivity contribution in [3.05, 3.63) is 53.7 Å². The van der Waals surface area contributed by atoms with E-state index in [2.05, 4.69) is 4.98 Å². The molecule has 2 aromatic rings. The third kappa shape index (κ3) is 2.79. The highest BCUT2D eigenvalue weighted by Crippen LogP contribution is 2.23. The van der Waals surface area contributed by atoms with E-state index in [1.54, 1.807) is 18.3 Å². The van der Waals surface area contributed by atoms with Crippen molar-refractivity contribution in [3.8, 4) is 11.6 Å². The second-order valence-electron chi connectivity index (χ2n) is 3.61. The van der Waals surface area contributed by atoms with E-state index in [9.17, 15) is 0 Å². The van der Waals surface area contributed by atoms with E-state index in [0.29, 0.717) is 10.9 Å². The topological polar surface area (TPSA) is 48.1 Å². The number of nitrogens with zero attached hydrogens (tertiary/aromatic N) is 1. The summed E-state index contributed by atoms with van der Waals surface area (Å²) in [5.74, 6) is 1.27. The maximum atomic E-state index is 5.67. The number of nitrogens with two attached hydrogens (primary N) is 1. The van der Waals surface area contributed by atoms with Crippen LogP contribution in [0, 0.1) is 6.92 Å². The minimum Gasteiger partial charge on any atom is -0.439 e. The second kappa shape index (κ2) is 4.93. The molecule has 0 atom stereocenters. The van der Waals surface area contributed by atoms with Crippen molar-refractivity contribution in [1.29, 1.82) is 0 Å². The quantitative estimate of drug-likeness (QED) is 0.843. The van der Waals surface area contributed by atoms with Crippen LogP contribution in [0.1, 0.15) is 11.1 Å². The molecule has 0 aliphatic rings. The van der Waals surface area contributed by atoms with Crippen molar-refractivity contribution in [2.24, 2.45) is 5.73 Å². The SMILES string of the molecule is Cc1ccccc1Oc1cc(C(N)=S)ccn1. The third-order valence-electron chi connectivity index (χ3n) is 2.33. The normalized spacial score (nSPS) is 9.94. The molecule has 0 amide bonds. The largest absolute Gasteiger partial charge is 0.439 e. The number of ether oxygens (including phenoxy) is 1. The van der Waals surface area contributed by atoms with Crippen LogP contribution in [0.15, 0.2) is 42.6 Å². The van der Waals surface area contributed by atoms with Gasteiger partial charge in [0.15, 0.2) is 0 Å². The molecule has 1 aromatic carbocycles. The molecule has 0 radical (unpaired) electrons. The third-order valence-corrected chi connectivity index (χ3v) is 2.56. The van der Waals surface area contributed by atoms with Gasteiger partial charge in [-0.15, -0.1) is 0 Å². The zero-order chi connectivity index (χ0) is 12.3. The molecule has 86 valence electrons. The molecule has 2 N–H and O–H groups in total. The Bertz CT molecular complexity index is 555. The Labute approximate surface area is 105 Å². The first-order chi connectivity index (χ1) is 8.16. The Balaban J connectivity index is 2.28.